The molecule has 0 fully saturated rings. The first-order chi connectivity index (χ1) is 14.6. The second-order valence-electron chi connectivity index (χ2n) is 12.2. The number of esters is 2. The maximum absolute atomic E-state index is 13.1. The molecule has 0 rings (SSSR count). The molecule has 0 saturated carbocycles. The topological polar surface area (TPSA) is 71.1 Å². The molecule has 33 heavy (non-hydrogen) atoms. The Hall–Kier alpha value is -0.660. The fourth-order valence-corrected chi connectivity index (χ4v) is 3.75. The Morgan fingerprint density at radius 3 is 1.64 bits per heavy atom. The van der Waals surface area contributed by atoms with Crippen molar-refractivity contribution in [2.45, 2.75) is 111 Å². The van der Waals surface area contributed by atoms with E-state index in [9.17, 15) is 9.59 Å². The average molecular weight is 538 g/mol. The maximum atomic E-state index is 13.1. The molecule has 1 atom stereocenters. The molecule has 0 N–H and O–H groups in total. The molecule has 0 aromatic rings. The number of hydrogen-bond acceptors (Lipinski definition) is 6. The van der Waals surface area contributed by atoms with E-state index in [1.807, 2.05) is 76.2 Å². The Kier molecular flexibility index (Phi) is 11.2. The Morgan fingerprint density at radius 2 is 1.21 bits per heavy atom. The van der Waals surface area contributed by atoms with E-state index >= 15 is 0 Å². The molecular formula is C26H49BrO6. The number of carbonyl (C=O) groups excluding carboxylic acids is 2. The van der Waals surface area contributed by atoms with E-state index in [2.05, 4.69) is 15.9 Å². The molecule has 0 radical (unpaired) electrons. The third kappa shape index (κ3) is 8.81. The Labute approximate surface area is 211 Å². The van der Waals surface area contributed by atoms with Crippen LogP contribution in [0.2, 0.25) is 0 Å². The molecule has 0 aliphatic carbocycles. The summed E-state index contributed by atoms with van der Waals surface area (Å²) in [5.41, 5.74) is -2.87. The highest BCUT2D eigenvalue weighted by atomic mass is 79.9. The quantitative estimate of drug-likeness (QED) is 0.191. The molecule has 0 spiro atoms. The number of methoxy groups -OCH3 is 2. The minimum absolute atomic E-state index is 0.236. The van der Waals surface area contributed by atoms with Gasteiger partial charge < -0.3 is 18.9 Å². The molecule has 0 aromatic heterocycles. The Bertz CT molecular complexity index is 660. The van der Waals surface area contributed by atoms with E-state index in [1.165, 1.54) is 7.11 Å². The molecular weight excluding hydrogens is 488 g/mol. The SMILES string of the molecule is COC(=O)C(C)(CC(C)(C)C(C)(C)C(=O)OCCC(C)(C)OCCC(C)(C)OC)C(C)(C)Br. The summed E-state index contributed by atoms with van der Waals surface area (Å²) in [7, 11) is 3.09. The van der Waals surface area contributed by atoms with Gasteiger partial charge in [0, 0.05) is 17.9 Å². The first-order valence-corrected chi connectivity index (χ1v) is 12.5. The van der Waals surface area contributed by atoms with Gasteiger partial charge in [0.2, 0.25) is 0 Å². The van der Waals surface area contributed by atoms with Crippen LogP contribution in [-0.2, 0) is 28.5 Å². The van der Waals surface area contributed by atoms with Gasteiger partial charge in [-0.15, -0.1) is 0 Å². The summed E-state index contributed by atoms with van der Waals surface area (Å²) in [6.07, 6.45) is 1.80. The van der Waals surface area contributed by atoms with Crippen molar-refractivity contribution in [1.29, 1.82) is 0 Å². The summed E-state index contributed by atoms with van der Waals surface area (Å²) >= 11 is 3.66. The van der Waals surface area contributed by atoms with Gasteiger partial charge in [-0.05, 0) is 80.6 Å². The molecule has 0 aliphatic heterocycles. The fourth-order valence-electron chi connectivity index (χ4n) is 3.45. The van der Waals surface area contributed by atoms with E-state index in [1.54, 1.807) is 7.11 Å². The summed E-state index contributed by atoms with van der Waals surface area (Å²) in [5, 5.41) is 0. The largest absolute Gasteiger partial charge is 0.469 e. The van der Waals surface area contributed by atoms with Crippen molar-refractivity contribution < 1.29 is 28.5 Å². The second kappa shape index (κ2) is 11.4. The first kappa shape index (κ1) is 32.3. The average Bonchev–Trinajstić information content (AvgIpc) is 2.65. The Balaban J connectivity index is 5.17. The normalized spacial score (nSPS) is 15.7. The number of hydrogen-bond donors (Lipinski definition) is 0. The van der Waals surface area contributed by atoms with Crippen molar-refractivity contribution in [1.82, 2.24) is 0 Å². The third-order valence-electron chi connectivity index (χ3n) is 7.63. The van der Waals surface area contributed by atoms with Crippen molar-refractivity contribution in [3.8, 4) is 0 Å². The lowest BCUT2D eigenvalue weighted by molar-refractivity contribution is -0.169. The van der Waals surface area contributed by atoms with E-state index in [-0.39, 0.29) is 24.1 Å². The summed E-state index contributed by atoms with van der Waals surface area (Å²) in [6, 6.07) is 0. The zero-order chi connectivity index (χ0) is 26.5. The van der Waals surface area contributed by atoms with Crippen LogP contribution in [0.25, 0.3) is 0 Å². The van der Waals surface area contributed by atoms with Crippen LogP contribution in [0.1, 0.15) is 95.4 Å². The lowest BCUT2D eigenvalue weighted by Gasteiger charge is -2.48. The molecule has 0 amide bonds. The molecule has 0 aliphatic rings. The summed E-state index contributed by atoms with van der Waals surface area (Å²) in [5.74, 6) is -0.597. The van der Waals surface area contributed by atoms with Crippen LogP contribution in [0.5, 0.6) is 0 Å². The van der Waals surface area contributed by atoms with Crippen molar-refractivity contribution >= 4 is 27.9 Å². The molecule has 0 bridgehead atoms. The number of halogens is 1. The predicted octanol–water partition coefficient (Wildman–Crippen LogP) is 6.33. The minimum atomic E-state index is -0.839. The summed E-state index contributed by atoms with van der Waals surface area (Å²) in [4.78, 5) is 25.9. The number of rotatable bonds is 14. The highest BCUT2D eigenvalue weighted by Gasteiger charge is 2.55. The van der Waals surface area contributed by atoms with Gasteiger partial charge in [-0.2, -0.15) is 0 Å². The third-order valence-corrected chi connectivity index (χ3v) is 8.51. The van der Waals surface area contributed by atoms with Gasteiger partial charge in [0.1, 0.15) is 0 Å². The smallest absolute Gasteiger partial charge is 0.312 e. The lowest BCUT2D eigenvalue weighted by Crippen LogP contribution is -2.51. The predicted molar refractivity (Wildman–Crippen MR) is 137 cm³/mol. The van der Waals surface area contributed by atoms with Crippen molar-refractivity contribution in [3.05, 3.63) is 0 Å². The van der Waals surface area contributed by atoms with Crippen LogP contribution < -0.4 is 0 Å². The van der Waals surface area contributed by atoms with E-state index < -0.39 is 26.2 Å². The zero-order valence-electron chi connectivity index (χ0n) is 23.4. The lowest BCUT2D eigenvalue weighted by atomic mass is 9.58. The zero-order valence-corrected chi connectivity index (χ0v) is 24.9. The van der Waals surface area contributed by atoms with Crippen LogP contribution in [-0.4, -0.2) is 54.9 Å². The van der Waals surface area contributed by atoms with Gasteiger partial charge in [-0.1, -0.05) is 29.8 Å². The summed E-state index contributed by atoms with van der Waals surface area (Å²) < 4.78 is 21.8. The van der Waals surface area contributed by atoms with E-state index in [0.717, 1.165) is 6.42 Å². The molecule has 0 saturated heterocycles. The molecule has 6 nitrogen and oxygen atoms in total. The van der Waals surface area contributed by atoms with Crippen LogP contribution in [0, 0.1) is 16.2 Å². The highest BCUT2D eigenvalue weighted by Crippen LogP contribution is 2.53. The van der Waals surface area contributed by atoms with Crippen LogP contribution in [0.4, 0.5) is 0 Å². The first-order valence-electron chi connectivity index (χ1n) is 11.7. The van der Waals surface area contributed by atoms with Gasteiger partial charge in [0.15, 0.2) is 0 Å². The van der Waals surface area contributed by atoms with Gasteiger partial charge in [0.05, 0.1) is 42.4 Å². The molecule has 7 heteroatoms. The monoisotopic (exact) mass is 536 g/mol. The minimum Gasteiger partial charge on any atom is -0.469 e. The van der Waals surface area contributed by atoms with Gasteiger partial charge in [0.25, 0.3) is 0 Å². The molecule has 196 valence electrons. The van der Waals surface area contributed by atoms with Crippen molar-refractivity contribution in [3.63, 3.8) is 0 Å². The van der Waals surface area contributed by atoms with Gasteiger partial charge >= 0.3 is 11.9 Å². The van der Waals surface area contributed by atoms with Crippen molar-refractivity contribution in [2.24, 2.45) is 16.2 Å². The van der Waals surface area contributed by atoms with Gasteiger partial charge in [-0.25, -0.2) is 0 Å². The van der Waals surface area contributed by atoms with Gasteiger partial charge in [-0.3, -0.25) is 9.59 Å². The number of ether oxygens (including phenoxy) is 4. The van der Waals surface area contributed by atoms with E-state index in [4.69, 9.17) is 18.9 Å². The molecule has 1 unspecified atom stereocenters. The van der Waals surface area contributed by atoms with E-state index in [0.29, 0.717) is 19.4 Å². The highest BCUT2D eigenvalue weighted by molar-refractivity contribution is 9.10. The van der Waals surface area contributed by atoms with Crippen LogP contribution in [0.15, 0.2) is 0 Å². The van der Waals surface area contributed by atoms with Crippen LogP contribution >= 0.6 is 15.9 Å². The van der Waals surface area contributed by atoms with Crippen LogP contribution in [0.3, 0.4) is 0 Å². The van der Waals surface area contributed by atoms with Crippen molar-refractivity contribution in [2.75, 3.05) is 27.4 Å². The molecule has 0 heterocycles. The number of carbonyl (C=O) groups is 2. The second-order valence-corrected chi connectivity index (χ2v) is 14.2. The standard InChI is InChI=1S/C26H49BrO6/c1-21(2,18-26(11,20(29)30-12)25(9,10)27)24(7,8)19(28)32-16-14-23(5,6)33-17-15-22(3,4)31-13/h14-18H2,1-13H3. The number of alkyl halides is 1. The summed E-state index contributed by atoms with van der Waals surface area (Å²) in [6.45, 7) is 22.4. The molecule has 0 aromatic carbocycles. The Morgan fingerprint density at radius 1 is 0.727 bits per heavy atom. The fraction of sp³-hybridized carbons (Fsp3) is 0.923. The maximum Gasteiger partial charge on any atom is 0.312 e.